The van der Waals surface area contributed by atoms with Gasteiger partial charge in [0.25, 0.3) is 0 Å². The molecule has 152 valence electrons. The maximum atomic E-state index is 12.9. The van der Waals surface area contributed by atoms with E-state index < -0.39 is 0 Å². The van der Waals surface area contributed by atoms with Crippen molar-refractivity contribution in [3.05, 3.63) is 0 Å². The Balaban J connectivity index is 0.00000338. The number of likely N-dealkylation sites (tertiary alicyclic amines) is 1. The minimum atomic E-state index is -0.297. The van der Waals surface area contributed by atoms with Crippen molar-refractivity contribution < 1.29 is 14.3 Å². The van der Waals surface area contributed by atoms with Gasteiger partial charge in [-0.2, -0.15) is 0 Å². The van der Waals surface area contributed by atoms with Crippen LogP contribution in [0.3, 0.4) is 0 Å². The zero-order valence-electron chi connectivity index (χ0n) is 16.2. The lowest BCUT2D eigenvalue weighted by Crippen LogP contribution is -2.52. The number of halogens is 1. The summed E-state index contributed by atoms with van der Waals surface area (Å²) < 4.78 is 5.80. The predicted octanol–water partition coefficient (Wildman–Crippen LogP) is 2.10. The van der Waals surface area contributed by atoms with Crippen molar-refractivity contribution in [3.8, 4) is 0 Å². The maximum absolute atomic E-state index is 12.9. The average molecular weight is 408 g/mol. The molecule has 0 aromatic rings. The minimum absolute atomic E-state index is 0. The van der Waals surface area contributed by atoms with Crippen molar-refractivity contribution in [1.29, 1.82) is 0 Å². The number of nitrogens with two attached hydrogens (primary N) is 1. The van der Waals surface area contributed by atoms with Crippen LogP contribution in [0, 0.1) is 5.41 Å². The average Bonchev–Trinajstić information content (AvgIpc) is 3.03. The van der Waals surface area contributed by atoms with Gasteiger partial charge in [0, 0.05) is 31.9 Å². The van der Waals surface area contributed by atoms with Crippen LogP contribution in [-0.4, -0.2) is 71.6 Å². The predicted molar refractivity (Wildman–Crippen MR) is 109 cm³/mol. The van der Waals surface area contributed by atoms with Gasteiger partial charge in [-0.15, -0.1) is 24.2 Å². The van der Waals surface area contributed by atoms with Crippen LogP contribution >= 0.6 is 24.2 Å². The fraction of sp³-hybridized carbons (Fsp3) is 0.889. The van der Waals surface area contributed by atoms with E-state index in [1.807, 2.05) is 4.90 Å². The summed E-state index contributed by atoms with van der Waals surface area (Å²) in [7, 11) is 0. The molecule has 0 aromatic heterocycles. The molecule has 0 spiro atoms. The summed E-state index contributed by atoms with van der Waals surface area (Å²) in [4.78, 5) is 29.2. The Bertz CT molecular complexity index is 465. The molecule has 0 radical (unpaired) electrons. The Morgan fingerprint density at radius 3 is 2.46 bits per heavy atom. The van der Waals surface area contributed by atoms with Gasteiger partial charge < -0.3 is 20.3 Å². The normalized spacial score (nSPS) is 21.6. The Morgan fingerprint density at radius 1 is 1.23 bits per heavy atom. The van der Waals surface area contributed by atoms with Gasteiger partial charge in [0.1, 0.15) is 6.04 Å². The third kappa shape index (κ3) is 6.91. The molecule has 0 aromatic carbocycles. The fourth-order valence-corrected chi connectivity index (χ4v) is 4.41. The van der Waals surface area contributed by atoms with Crippen molar-refractivity contribution in [2.24, 2.45) is 11.1 Å². The first-order valence-corrected chi connectivity index (χ1v) is 10.4. The number of nitrogens with zero attached hydrogens (tertiary/aromatic N) is 2. The molecule has 2 N–H and O–H groups in total. The van der Waals surface area contributed by atoms with Crippen LogP contribution in [0.4, 0.5) is 0 Å². The van der Waals surface area contributed by atoms with E-state index in [2.05, 4.69) is 20.8 Å². The summed E-state index contributed by atoms with van der Waals surface area (Å²) >= 11 is 1.67. The molecule has 1 atom stereocenters. The number of thioether (sulfide) groups is 1. The smallest absolute Gasteiger partial charge is 0.246 e. The zero-order chi connectivity index (χ0) is 18.4. The standard InChI is InChI=1S/C18H33N3O3S.ClH/c1-18(2,3)11-16(22)21-13-25-12-15(21)17(23)20-8-5-14(6-9-20)24-10-4-7-19;/h14-15H,4-13,19H2,1-3H3;1H. The van der Waals surface area contributed by atoms with Gasteiger partial charge >= 0.3 is 0 Å². The number of ether oxygens (including phenoxy) is 1. The molecule has 2 amide bonds. The van der Waals surface area contributed by atoms with Crippen LogP contribution in [0.15, 0.2) is 0 Å². The second kappa shape index (κ2) is 10.7. The van der Waals surface area contributed by atoms with Gasteiger partial charge in [-0.3, -0.25) is 9.59 Å². The van der Waals surface area contributed by atoms with Crippen LogP contribution in [0.5, 0.6) is 0 Å². The molecule has 2 aliphatic rings. The monoisotopic (exact) mass is 407 g/mol. The van der Waals surface area contributed by atoms with Gasteiger partial charge in [-0.1, -0.05) is 20.8 Å². The van der Waals surface area contributed by atoms with Crippen LogP contribution in [0.2, 0.25) is 0 Å². The Morgan fingerprint density at radius 2 is 1.88 bits per heavy atom. The lowest BCUT2D eigenvalue weighted by molar-refractivity contribution is -0.145. The van der Waals surface area contributed by atoms with Crippen LogP contribution in [-0.2, 0) is 14.3 Å². The topological polar surface area (TPSA) is 75.9 Å². The highest BCUT2D eigenvalue weighted by atomic mass is 35.5. The molecule has 6 nitrogen and oxygen atoms in total. The maximum Gasteiger partial charge on any atom is 0.246 e. The second-order valence-corrected chi connectivity index (χ2v) is 9.15. The van der Waals surface area contributed by atoms with E-state index in [1.54, 1.807) is 16.7 Å². The highest BCUT2D eigenvalue weighted by Gasteiger charge is 2.38. The van der Waals surface area contributed by atoms with Crippen molar-refractivity contribution >= 4 is 36.0 Å². The molecule has 8 heteroatoms. The number of hydrogen-bond acceptors (Lipinski definition) is 5. The van der Waals surface area contributed by atoms with E-state index in [1.165, 1.54) is 0 Å². The Hall–Kier alpha value is -0.500. The lowest BCUT2D eigenvalue weighted by Gasteiger charge is -2.35. The van der Waals surface area contributed by atoms with E-state index >= 15 is 0 Å². The molecule has 2 saturated heterocycles. The first kappa shape index (κ1) is 23.5. The molecule has 0 bridgehead atoms. The van der Waals surface area contributed by atoms with Crippen LogP contribution < -0.4 is 5.73 Å². The van der Waals surface area contributed by atoms with E-state index in [9.17, 15) is 9.59 Å². The lowest BCUT2D eigenvalue weighted by atomic mass is 9.91. The molecule has 0 aliphatic carbocycles. The number of rotatable bonds is 6. The van der Waals surface area contributed by atoms with E-state index in [0.29, 0.717) is 44.3 Å². The van der Waals surface area contributed by atoms with Crippen molar-refractivity contribution in [2.75, 3.05) is 37.9 Å². The number of carbonyl (C=O) groups is 2. The molecule has 2 heterocycles. The van der Waals surface area contributed by atoms with E-state index in [4.69, 9.17) is 10.5 Å². The summed E-state index contributed by atoms with van der Waals surface area (Å²) in [6.07, 6.45) is 3.32. The van der Waals surface area contributed by atoms with Crippen molar-refractivity contribution in [1.82, 2.24) is 9.80 Å². The summed E-state index contributed by atoms with van der Waals surface area (Å²) in [5.41, 5.74) is 5.43. The largest absolute Gasteiger partial charge is 0.378 e. The summed E-state index contributed by atoms with van der Waals surface area (Å²) in [5, 5.41) is 0. The van der Waals surface area contributed by atoms with Gasteiger partial charge in [0.15, 0.2) is 0 Å². The van der Waals surface area contributed by atoms with Gasteiger partial charge in [-0.05, 0) is 31.2 Å². The number of hydrogen-bond donors (Lipinski definition) is 1. The first-order chi connectivity index (χ1) is 11.8. The van der Waals surface area contributed by atoms with E-state index in [-0.39, 0.29) is 41.8 Å². The molecule has 1 unspecified atom stereocenters. The molecular weight excluding hydrogens is 374 g/mol. The third-order valence-corrected chi connectivity index (χ3v) is 5.64. The molecule has 2 fully saturated rings. The number of piperidine rings is 1. The zero-order valence-corrected chi connectivity index (χ0v) is 17.9. The van der Waals surface area contributed by atoms with Crippen LogP contribution in [0.1, 0.15) is 46.5 Å². The fourth-order valence-electron chi connectivity index (χ4n) is 3.24. The summed E-state index contributed by atoms with van der Waals surface area (Å²) in [6, 6.07) is -0.297. The highest BCUT2D eigenvalue weighted by Crippen LogP contribution is 2.28. The molecule has 26 heavy (non-hydrogen) atoms. The van der Waals surface area contributed by atoms with Gasteiger partial charge in [0.05, 0.1) is 12.0 Å². The quantitative estimate of drug-likeness (QED) is 0.682. The van der Waals surface area contributed by atoms with Gasteiger partial charge in [0.2, 0.25) is 11.8 Å². The Kier molecular flexibility index (Phi) is 9.72. The summed E-state index contributed by atoms with van der Waals surface area (Å²) in [6.45, 7) is 8.95. The first-order valence-electron chi connectivity index (χ1n) is 9.29. The second-order valence-electron chi connectivity index (χ2n) is 8.15. The highest BCUT2D eigenvalue weighted by molar-refractivity contribution is 7.99. The number of carbonyl (C=O) groups excluding carboxylic acids is 2. The SMILES string of the molecule is CC(C)(C)CC(=O)N1CSCC1C(=O)N1CCC(OCCCN)CC1.Cl. The Labute approximate surface area is 168 Å². The number of amides is 2. The van der Waals surface area contributed by atoms with Crippen molar-refractivity contribution in [3.63, 3.8) is 0 Å². The molecule has 2 rings (SSSR count). The van der Waals surface area contributed by atoms with E-state index in [0.717, 1.165) is 19.3 Å². The molecular formula is C18H34ClN3O3S. The van der Waals surface area contributed by atoms with Crippen LogP contribution in [0.25, 0.3) is 0 Å². The third-order valence-electron chi connectivity index (χ3n) is 4.62. The van der Waals surface area contributed by atoms with Gasteiger partial charge in [-0.25, -0.2) is 0 Å². The minimum Gasteiger partial charge on any atom is -0.378 e. The molecule has 2 aliphatic heterocycles. The molecule has 0 saturated carbocycles. The summed E-state index contributed by atoms with van der Waals surface area (Å²) in [5.74, 6) is 1.54. The van der Waals surface area contributed by atoms with Crippen molar-refractivity contribution in [2.45, 2.75) is 58.6 Å².